The Balaban J connectivity index is 1.91. The highest BCUT2D eigenvalue weighted by atomic mass is 16.5. The molecule has 1 aliphatic rings. The molecule has 0 fully saturated rings. The van der Waals surface area contributed by atoms with Gasteiger partial charge in [-0.1, -0.05) is 60.2 Å². The van der Waals surface area contributed by atoms with E-state index in [-0.39, 0.29) is 11.8 Å². The van der Waals surface area contributed by atoms with E-state index in [1.54, 1.807) is 18.2 Å². The normalized spacial score (nSPS) is 13.7. The summed E-state index contributed by atoms with van der Waals surface area (Å²) in [4.78, 5) is 30.8. The highest BCUT2D eigenvalue weighted by Gasteiger charge is 2.43. The van der Waals surface area contributed by atoms with Crippen molar-refractivity contribution in [3.8, 4) is 5.75 Å². The standard InChI is InChI=1S/C27H26N2O3/c1-4-28(21-11-7-6-8-12-21)25-24(20-17-15-19(3)16-18-20)26(30)29(27(25)31)22-13-9-10-14-23(22)32-5-2/h6-18H,4-5H2,1-3H3. The summed E-state index contributed by atoms with van der Waals surface area (Å²) in [6.45, 7) is 6.81. The zero-order valence-corrected chi connectivity index (χ0v) is 18.5. The highest BCUT2D eigenvalue weighted by Crippen LogP contribution is 2.39. The second kappa shape index (κ2) is 9.10. The van der Waals surface area contributed by atoms with Crippen LogP contribution in [-0.4, -0.2) is 25.0 Å². The van der Waals surface area contributed by atoms with Crippen LogP contribution in [0.4, 0.5) is 11.4 Å². The number of amides is 2. The van der Waals surface area contributed by atoms with Gasteiger partial charge in [0.05, 0.1) is 17.9 Å². The average molecular weight is 427 g/mol. The minimum Gasteiger partial charge on any atom is -0.492 e. The van der Waals surface area contributed by atoms with Crippen LogP contribution in [0.1, 0.15) is 25.0 Å². The van der Waals surface area contributed by atoms with E-state index in [1.807, 2.05) is 86.3 Å². The maximum absolute atomic E-state index is 13.8. The van der Waals surface area contributed by atoms with E-state index in [2.05, 4.69) is 0 Å². The van der Waals surface area contributed by atoms with Crippen LogP contribution in [0.25, 0.3) is 5.57 Å². The topological polar surface area (TPSA) is 49.9 Å². The van der Waals surface area contributed by atoms with Crippen molar-refractivity contribution in [2.75, 3.05) is 23.0 Å². The van der Waals surface area contributed by atoms with Crippen molar-refractivity contribution in [3.05, 3.63) is 95.7 Å². The van der Waals surface area contributed by atoms with Crippen LogP contribution < -0.4 is 14.5 Å². The quantitative estimate of drug-likeness (QED) is 0.487. The Morgan fingerprint density at radius 3 is 2.12 bits per heavy atom. The van der Waals surface area contributed by atoms with Crippen molar-refractivity contribution >= 4 is 28.8 Å². The van der Waals surface area contributed by atoms with Crippen molar-refractivity contribution in [1.82, 2.24) is 0 Å². The number of hydrogen-bond acceptors (Lipinski definition) is 4. The van der Waals surface area contributed by atoms with Gasteiger partial charge in [0.25, 0.3) is 11.8 Å². The fraction of sp³-hybridized carbons (Fsp3) is 0.185. The molecular weight excluding hydrogens is 400 g/mol. The summed E-state index contributed by atoms with van der Waals surface area (Å²) in [6, 6.07) is 24.5. The molecule has 0 aliphatic carbocycles. The van der Waals surface area contributed by atoms with Gasteiger partial charge in [-0.25, -0.2) is 4.90 Å². The maximum atomic E-state index is 13.8. The Bertz CT molecular complexity index is 1170. The van der Waals surface area contributed by atoms with Crippen LogP contribution in [-0.2, 0) is 9.59 Å². The highest BCUT2D eigenvalue weighted by molar-refractivity contribution is 6.46. The number of anilines is 2. The Hall–Kier alpha value is -3.86. The molecule has 0 unspecified atom stereocenters. The fourth-order valence-corrected chi connectivity index (χ4v) is 3.96. The number of rotatable bonds is 7. The first kappa shape index (κ1) is 21.4. The lowest BCUT2D eigenvalue weighted by Gasteiger charge is -2.25. The molecule has 32 heavy (non-hydrogen) atoms. The average Bonchev–Trinajstić information content (AvgIpc) is 3.06. The van der Waals surface area contributed by atoms with Gasteiger partial charge in [0.1, 0.15) is 11.4 Å². The molecule has 4 rings (SSSR count). The number of para-hydroxylation sites is 3. The van der Waals surface area contributed by atoms with Crippen LogP contribution in [0, 0.1) is 6.92 Å². The third-order valence-electron chi connectivity index (χ3n) is 5.46. The number of ether oxygens (including phenoxy) is 1. The number of nitrogens with zero attached hydrogens (tertiary/aromatic N) is 2. The molecule has 5 heteroatoms. The van der Waals surface area contributed by atoms with Gasteiger partial charge in [-0.05, 0) is 50.6 Å². The molecule has 0 N–H and O–H groups in total. The van der Waals surface area contributed by atoms with E-state index in [9.17, 15) is 9.59 Å². The van der Waals surface area contributed by atoms with Gasteiger partial charge in [0.15, 0.2) is 0 Å². The van der Waals surface area contributed by atoms with Gasteiger partial charge in [-0.15, -0.1) is 0 Å². The number of carbonyl (C=O) groups excluding carboxylic acids is 2. The first-order valence-electron chi connectivity index (χ1n) is 10.8. The van der Waals surface area contributed by atoms with E-state index in [0.717, 1.165) is 16.8 Å². The lowest BCUT2D eigenvalue weighted by atomic mass is 10.0. The first-order chi connectivity index (χ1) is 15.6. The molecule has 162 valence electrons. The number of carbonyl (C=O) groups is 2. The number of hydrogen-bond donors (Lipinski definition) is 0. The third-order valence-corrected chi connectivity index (χ3v) is 5.46. The second-order valence-electron chi connectivity index (χ2n) is 7.52. The Morgan fingerprint density at radius 2 is 1.47 bits per heavy atom. The van der Waals surface area contributed by atoms with E-state index in [4.69, 9.17) is 4.74 Å². The van der Waals surface area contributed by atoms with Crippen LogP contribution in [0.3, 0.4) is 0 Å². The summed E-state index contributed by atoms with van der Waals surface area (Å²) in [5.41, 5.74) is 3.88. The van der Waals surface area contributed by atoms with Crippen molar-refractivity contribution in [2.24, 2.45) is 0 Å². The van der Waals surface area contributed by atoms with Crippen LogP contribution in [0.15, 0.2) is 84.6 Å². The van der Waals surface area contributed by atoms with Crippen molar-refractivity contribution in [1.29, 1.82) is 0 Å². The van der Waals surface area contributed by atoms with Gasteiger partial charge < -0.3 is 9.64 Å². The van der Waals surface area contributed by atoms with E-state index < -0.39 is 0 Å². The van der Waals surface area contributed by atoms with Crippen LogP contribution >= 0.6 is 0 Å². The third kappa shape index (κ3) is 3.78. The molecule has 0 saturated carbocycles. The summed E-state index contributed by atoms with van der Waals surface area (Å²) >= 11 is 0. The Morgan fingerprint density at radius 1 is 0.812 bits per heavy atom. The predicted molar refractivity (Wildman–Crippen MR) is 128 cm³/mol. The first-order valence-corrected chi connectivity index (χ1v) is 10.8. The smallest absolute Gasteiger partial charge is 0.282 e. The van der Waals surface area contributed by atoms with Crippen molar-refractivity contribution in [2.45, 2.75) is 20.8 Å². The minimum absolute atomic E-state index is 0.351. The van der Waals surface area contributed by atoms with Gasteiger partial charge in [0.2, 0.25) is 0 Å². The van der Waals surface area contributed by atoms with E-state index in [1.165, 1.54) is 4.90 Å². The molecule has 0 spiro atoms. The summed E-state index contributed by atoms with van der Waals surface area (Å²) < 4.78 is 5.73. The molecule has 3 aromatic carbocycles. The monoisotopic (exact) mass is 426 g/mol. The Kier molecular flexibility index (Phi) is 6.08. The molecule has 0 bridgehead atoms. The molecule has 1 heterocycles. The van der Waals surface area contributed by atoms with Gasteiger partial charge in [-0.2, -0.15) is 0 Å². The molecule has 0 radical (unpaired) electrons. The van der Waals surface area contributed by atoms with Gasteiger partial charge in [-0.3, -0.25) is 9.59 Å². The predicted octanol–water partition coefficient (Wildman–Crippen LogP) is 5.20. The molecule has 1 aliphatic heterocycles. The fourth-order valence-electron chi connectivity index (χ4n) is 3.96. The van der Waals surface area contributed by atoms with Crippen LogP contribution in [0.5, 0.6) is 5.75 Å². The summed E-state index contributed by atoms with van der Waals surface area (Å²) in [5.74, 6) is -0.206. The van der Waals surface area contributed by atoms with Crippen LogP contribution in [0.2, 0.25) is 0 Å². The number of likely N-dealkylation sites (N-methyl/N-ethyl adjacent to an activating group) is 1. The van der Waals surface area contributed by atoms with Crippen molar-refractivity contribution < 1.29 is 14.3 Å². The van der Waals surface area contributed by atoms with Gasteiger partial charge in [0, 0.05) is 12.2 Å². The summed E-state index contributed by atoms with van der Waals surface area (Å²) in [7, 11) is 0. The number of imide groups is 1. The minimum atomic E-state index is -0.358. The molecule has 3 aromatic rings. The summed E-state index contributed by atoms with van der Waals surface area (Å²) in [5, 5.41) is 0. The zero-order chi connectivity index (χ0) is 22.7. The molecule has 0 saturated heterocycles. The van der Waals surface area contributed by atoms with E-state index >= 15 is 0 Å². The lowest BCUT2D eigenvalue weighted by Crippen LogP contribution is -2.35. The molecule has 0 aromatic heterocycles. The second-order valence-corrected chi connectivity index (χ2v) is 7.52. The largest absolute Gasteiger partial charge is 0.492 e. The zero-order valence-electron chi connectivity index (χ0n) is 18.5. The summed E-state index contributed by atoms with van der Waals surface area (Å²) in [6.07, 6.45) is 0. The molecular formula is C27H26N2O3. The molecule has 0 atom stereocenters. The lowest BCUT2D eigenvalue weighted by molar-refractivity contribution is -0.120. The number of benzene rings is 3. The molecule has 5 nitrogen and oxygen atoms in total. The van der Waals surface area contributed by atoms with Crippen molar-refractivity contribution in [3.63, 3.8) is 0 Å². The Labute approximate surface area is 188 Å². The molecule has 2 amide bonds. The maximum Gasteiger partial charge on any atom is 0.282 e. The SMILES string of the molecule is CCOc1ccccc1N1C(=O)C(c2ccc(C)cc2)=C(N(CC)c2ccccc2)C1=O. The number of aryl methyl sites for hydroxylation is 1. The van der Waals surface area contributed by atoms with E-state index in [0.29, 0.717) is 35.9 Å². The van der Waals surface area contributed by atoms with Gasteiger partial charge >= 0.3 is 0 Å².